The van der Waals surface area contributed by atoms with Crippen LogP contribution in [-0.2, 0) is 6.54 Å². The Bertz CT molecular complexity index is 376. The maximum absolute atomic E-state index is 8.84. The standard InChI is InChI=1S/C15H24N2O2/c1-19-15-5-2-4-14(12-15)13-17-9-7-16(8-10-17)6-3-11-18/h2,4-5,12,18H,3,6-11,13H2,1H3. The van der Waals surface area contributed by atoms with Gasteiger partial charge in [0, 0.05) is 45.9 Å². The van der Waals surface area contributed by atoms with E-state index >= 15 is 0 Å². The molecule has 0 aliphatic carbocycles. The van der Waals surface area contributed by atoms with Gasteiger partial charge < -0.3 is 14.7 Å². The van der Waals surface area contributed by atoms with Crippen molar-refractivity contribution in [1.82, 2.24) is 9.80 Å². The van der Waals surface area contributed by atoms with Crippen LogP contribution < -0.4 is 4.74 Å². The van der Waals surface area contributed by atoms with Crippen molar-refractivity contribution in [3.63, 3.8) is 0 Å². The van der Waals surface area contributed by atoms with Crippen molar-refractivity contribution in [1.29, 1.82) is 0 Å². The fraction of sp³-hybridized carbons (Fsp3) is 0.600. The molecule has 0 bridgehead atoms. The summed E-state index contributed by atoms with van der Waals surface area (Å²) in [5.74, 6) is 0.930. The van der Waals surface area contributed by atoms with Gasteiger partial charge in [0.25, 0.3) is 0 Å². The highest BCUT2D eigenvalue weighted by Crippen LogP contribution is 2.15. The zero-order valence-electron chi connectivity index (χ0n) is 11.7. The summed E-state index contributed by atoms with van der Waals surface area (Å²) in [7, 11) is 1.71. The number of ether oxygens (including phenoxy) is 1. The van der Waals surface area contributed by atoms with E-state index in [4.69, 9.17) is 9.84 Å². The summed E-state index contributed by atoms with van der Waals surface area (Å²) in [6, 6.07) is 8.29. The van der Waals surface area contributed by atoms with Gasteiger partial charge in [-0.25, -0.2) is 0 Å². The van der Waals surface area contributed by atoms with E-state index in [1.165, 1.54) is 5.56 Å². The molecule has 2 rings (SSSR count). The monoisotopic (exact) mass is 264 g/mol. The minimum Gasteiger partial charge on any atom is -0.497 e. The normalized spacial score (nSPS) is 17.6. The lowest BCUT2D eigenvalue weighted by Gasteiger charge is -2.34. The van der Waals surface area contributed by atoms with Crippen molar-refractivity contribution in [2.45, 2.75) is 13.0 Å². The largest absolute Gasteiger partial charge is 0.497 e. The van der Waals surface area contributed by atoms with E-state index in [2.05, 4.69) is 21.9 Å². The number of benzene rings is 1. The van der Waals surface area contributed by atoms with Crippen molar-refractivity contribution in [3.8, 4) is 5.75 Å². The predicted molar refractivity (Wildman–Crippen MR) is 76.4 cm³/mol. The molecular weight excluding hydrogens is 240 g/mol. The van der Waals surface area contributed by atoms with Crippen LogP contribution in [0.25, 0.3) is 0 Å². The second kappa shape index (κ2) is 7.48. The molecule has 1 N–H and O–H groups in total. The van der Waals surface area contributed by atoms with Crippen LogP contribution in [0.15, 0.2) is 24.3 Å². The molecule has 4 nitrogen and oxygen atoms in total. The minimum absolute atomic E-state index is 0.296. The predicted octanol–water partition coefficient (Wildman–Crippen LogP) is 1.20. The van der Waals surface area contributed by atoms with Gasteiger partial charge >= 0.3 is 0 Å². The number of rotatable bonds is 6. The molecule has 0 amide bonds. The molecule has 0 unspecified atom stereocenters. The van der Waals surface area contributed by atoms with Crippen LogP contribution in [0.3, 0.4) is 0 Å². The van der Waals surface area contributed by atoms with Crippen molar-refractivity contribution in [2.75, 3.05) is 46.4 Å². The topological polar surface area (TPSA) is 35.9 Å². The molecule has 1 saturated heterocycles. The summed E-state index contributed by atoms with van der Waals surface area (Å²) in [5.41, 5.74) is 1.31. The van der Waals surface area contributed by atoms with Gasteiger partial charge in [0.2, 0.25) is 0 Å². The lowest BCUT2D eigenvalue weighted by molar-refractivity contribution is 0.120. The zero-order chi connectivity index (χ0) is 13.5. The third-order valence-corrected chi connectivity index (χ3v) is 3.64. The van der Waals surface area contributed by atoms with Gasteiger partial charge in [-0.2, -0.15) is 0 Å². The summed E-state index contributed by atoms with van der Waals surface area (Å²) < 4.78 is 5.25. The van der Waals surface area contributed by atoms with E-state index in [0.29, 0.717) is 6.61 Å². The highest BCUT2D eigenvalue weighted by molar-refractivity contribution is 5.28. The molecule has 1 aromatic carbocycles. The van der Waals surface area contributed by atoms with Crippen LogP contribution in [-0.4, -0.2) is 61.3 Å². The van der Waals surface area contributed by atoms with Gasteiger partial charge in [-0.1, -0.05) is 12.1 Å². The van der Waals surface area contributed by atoms with Crippen LogP contribution in [0.4, 0.5) is 0 Å². The highest BCUT2D eigenvalue weighted by atomic mass is 16.5. The quantitative estimate of drug-likeness (QED) is 0.837. The molecule has 0 spiro atoms. The Labute approximate surface area is 115 Å². The van der Waals surface area contributed by atoms with Gasteiger partial charge in [0.1, 0.15) is 5.75 Å². The van der Waals surface area contributed by atoms with E-state index < -0.39 is 0 Å². The van der Waals surface area contributed by atoms with Crippen LogP contribution in [0.1, 0.15) is 12.0 Å². The SMILES string of the molecule is COc1cccc(CN2CCN(CCCO)CC2)c1. The lowest BCUT2D eigenvalue weighted by Crippen LogP contribution is -2.46. The van der Waals surface area contributed by atoms with Crippen molar-refractivity contribution in [2.24, 2.45) is 0 Å². The average molecular weight is 264 g/mol. The van der Waals surface area contributed by atoms with Crippen molar-refractivity contribution >= 4 is 0 Å². The molecule has 19 heavy (non-hydrogen) atoms. The second-order valence-corrected chi connectivity index (χ2v) is 5.05. The molecule has 1 aromatic rings. The molecule has 0 radical (unpaired) electrons. The Morgan fingerprint density at radius 3 is 2.58 bits per heavy atom. The van der Waals surface area contributed by atoms with Gasteiger partial charge in [0.05, 0.1) is 7.11 Å². The summed E-state index contributed by atoms with van der Waals surface area (Å²) in [6.07, 6.45) is 0.885. The molecular formula is C15H24N2O2. The first-order valence-electron chi connectivity index (χ1n) is 7.00. The molecule has 4 heteroatoms. The molecule has 1 heterocycles. The van der Waals surface area contributed by atoms with Crippen LogP contribution >= 0.6 is 0 Å². The summed E-state index contributed by atoms with van der Waals surface area (Å²) >= 11 is 0. The van der Waals surface area contributed by atoms with Crippen LogP contribution in [0.2, 0.25) is 0 Å². The molecule has 1 fully saturated rings. The van der Waals surface area contributed by atoms with E-state index in [1.54, 1.807) is 7.11 Å². The fourth-order valence-corrected chi connectivity index (χ4v) is 2.49. The minimum atomic E-state index is 0.296. The number of aliphatic hydroxyl groups excluding tert-OH is 1. The third kappa shape index (κ3) is 4.49. The number of nitrogens with zero attached hydrogens (tertiary/aromatic N) is 2. The Morgan fingerprint density at radius 2 is 1.89 bits per heavy atom. The number of hydrogen-bond acceptors (Lipinski definition) is 4. The van der Waals surface area contributed by atoms with Gasteiger partial charge in [-0.05, 0) is 24.1 Å². The first-order valence-corrected chi connectivity index (χ1v) is 7.00. The molecule has 0 atom stereocenters. The Kier molecular flexibility index (Phi) is 5.63. The lowest BCUT2D eigenvalue weighted by atomic mass is 10.2. The van der Waals surface area contributed by atoms with Crippen LogP contribution in [0.5, 0.6) is 5.75 Å². The highest BCUT2D eigenvalue weighted by Gasteiger charge is 2.16. The number of piperazine rings is 1. The van der Waals surface area contributed by atoms with Crippen LogP contribution in [0, 0.1) is 0 Å². The summed E-state index contributed by atoms with van der Waals surface area (Å²) in [4.78, 5) is 4.91. The number of aliphatic hydroxyl groups is 1. The first kappa shape index (κ1) is 14.3. The van der Waals surface area contributed by atoms with E-state index in [0.717, 1.165) is 51.4 Å². The Hall–Kier alpha value is -1.10. The van der Waals surface area contributed by atoms with Crippen molar-refractivity contribution in [3.05, 3.63) is 29.8 Å². The number of methoxy groups -OCH3 is 1. The fourth-order valence-electron chi connectivity index (χ4n) is 2.49. The Balaban J connectivity index is 1.78. The molecule has 0 saturated carbocycles. The van der Waals surface area contributed by atoms with E-state index in [-0.39, 0.29) is 0 Å². The van der Waals surface area contributed by atoms with E-state index in [1.807, 2.05) is 12.1 Å². The van der Waals surface area contributed by atoms with E-state index in [9.17, 15) is 0 Å². The van der Waals surface area contributed by atoms with Gasteiger partial charge in [0.15, 0.2) is 0 Å². The summed E-state index contributed by atoms with van der Waals surface area (Å²) in [5, 5.41) is 8.84. The Morgan fingerprint density at radius 1 is 1.16 bits per heavy atom. The second-order valence-electron chi connectivity index (χ2n) is 5.05. The number of hydrogen-bond donors (Lipinski definition) is 1. The van der Waals surface area contributed by atoms with Gasteiger partial charge in [-0.3, -0.25) is 4.90 Å². The third-order valence-electron chi connectivity index (χ3n) is 3.64. The summed E-state index contributed by atoms with van der Waals surface area (Å²) in [6.45, 7) is 6.71. The maximum atomic E-state index is 8.84. The smallest absolute Gasteiger partial charge is 0.119 e. The molecule has 106 valence electrons. The molecule has 1 aliphatic rings. The zero-order valence-corrected chi connectivity index (χ0v) is 11.7. The first-order chi connectivity index (χ1) is 9.31. The maximum Gasteiger partial charge on any atom is 0.119 e. The van der Waals surface area contributed by atoms with Crippen molar-refractivity contribution < 1.29 is 9.84 Å². The van der Waals surface area contributed by atoms with Gasteiger partial charge in [-0.15, -0.1) is 0 Å². The molecule has 0 aromatic heterocycles. The average Bonchev–Trinajstić information content (AvgIpc) is 2.47. The molecule has 1 aliphatic heterocycles.